The van der Waals surface area contributed by atoms with Crippen LogP contribution >= 0.6 is 0 Å². The maximum Gasteiger partial charge on any atom is 0.326 e. The average Bonchev–Trinajstić information content (AvgIpc) is 2.86. The van der Waals surface area contributed by atoms with Gasteiger partial charge in [0.15, 0.2) is 0 Å². The highest BCUT2D eigenvalue weighted by Crippen LogP contribution is 2.31. The molecule has 1 aliphatic rings. The molecule has 0 saturated carbocycles. The number of anilines is 1. The van der Waals surface area contributed by atoms with Gasteiger partial charge < -0.3 is 9.84 Å². The van der Waals surface area contributed by atoms with Crippen LogP contribution < -0.4 is 13.8 Å². The van der Waals surface area contributed by atoms with Crippen molar-refractivity contribution in [3.05, 3.63) is 53.6 Å². The third-order valence-corrected chi connectivity index (χ3v) is 5.41. The van der Waals surface area contributed by atoms with Crippen LogP contribution in [0.1, 0.15) is 18.1 Å². The smallest absolute Gasteiger partial charge is 0.326 e. The number of hydrogen-bond acceptors (Lipinski definition) is 6. The lowest BCUT2D eigenvalue weighted by atomic mass is 10.0. The van der Waals surface area contributed by atoms with E-state index in [1.165, 1.54) is 19.1 Å². The van der Waals surface area contributed by atoms with Crippen molar-refractivity contribution in [1.29, 1.82) is 0 Å². The van der Waals surface area contributed by atoms with Crippen LogP contribution in [0.3, 0.4) is 0 Å². The van der Waals surface area contributed by atoms with Crippen LogP contribution in [0.5, 0.6) is 11.5 Å². The lowest BCUT2D eigenvalue weighted by molar-refractivity contribution is -0.131. The molecule has 0 radical (unpaired) electrons. The van der Waals surface area contributed by atoms with E-state index in [0.29, 0.717) is 18.6 Å². The first kappa shape index (κ1) is 18.7. The Morgan fingerprint density at radius 1 is 1.15 bits per heavy atom. The van der Waals surface area contributed by atoms with Gasteiger partial charge in [-0.3, -0.25) is 9.59 Å². The Morgan fingerprint density at radius 3 is 2.33 bits per heavy atom. The molecule has 8 nitrogen and oxygen atoms in total. The summed E-state index contributed by atoms with van der Waals surface area (Å²) in [6.45, 7) is 0.979. The Morgan fingerprint density at radius 2 is 1.78 bits per heavy atom. The fraction of sp³-hybridized carbons (Fsp3) is 0.222. The van der Waals surface area contributed by atoms with Crippen LogP contribution in [0.2, 0.25) is 0 Å². The van der Waals surface area contributed by atoms with Gasteiger partial charge in [-0.1, -0.05) is 18.2 Å². The number of carbonyl (C=O) groups excluding carboxylic acids is 2. The van der Waals surface area contributed by atoms with E-state index in [2.05, 4.69) is 0 Å². The van der Waals surface area contributed by atoms with E-state index < -0.39 is 16.1 Å². The standard InChI is InChI=1S/C18H18N2O6S/c1-12(21)26-15-7-4-13(5-8-15)2-3-14-6-9-16(17(22)10-14)20-11-18(23)19-27(20,24)25/h4-10,22H,2-3,11H2,1H3,(H,19,23). The molecule has 0 bridgehead atoms. The molecule has 0 aromatic heterocycles. The second-order valence-corrected chi connectivity index (χ2v) is 7.69. The molecular weight excluding hydrogens is 372 g/mol. The van der Waals surface area contributed by atoms with Crippen LogP contribution in [0, 0.1) is 0 Å². The molecule has 0 unspecified atom stereocenters. The maximum absolute atomic E-state index is 11.9. The fourth-order valence-corrected chi connectivity index (χ4v) is 3.94. The lowest BCUT2D eigenvalue weighted by Gasteiger charge is -2.16. The Balaban J connectivity index is 1.68. The summed E-state index contributed by atoms with van der Waals surface area (Å²) in [6.07, 6.45) is 1.30. The molecule has 1 aliphatic heterocycles. The van der Waals surface area contributed by atoms with Crippen LogP contribution in [-0.4, -0.2) is 31.9 Å². The first-order chi connectivity index (χ1) is 12.7. The normalized spacial score (nSPS) is 15.4. The van der Waals surface area contributed by atoms with E-state index >= 15 is 0 Å². The molecule has 1 saturated heterocycles. The topological polar surface area (TPSA) is 113 Å². The Kier molecular flexibility index (Phi) is 5.04. The molecule has 9 heteroatoms. The van der Waals surface area contributed by atoms with Gasteiger partial charge in [0.05, 0.1) is 5.69 Å². The van der Waals surface area contributed by atoms with Gasteiger partial charge in [-0.25, -0.2) is 9.03 Å². The Hall–Kier alpha value is -3.07. The van der Waals surface area contributed by atoms with E-state index in [9.17, 15) is 23.1 Å². The van der Waals surface area contributed by atoms with Gasteiger partial charge in [-0.05, 0) is 48.2 Å². The van der Waals surface area contributed by atoms with Crippen LogP contribution in [0.15, 0.2) is 42.5 Å². The van der Waals surface area contributed by atoms with E-state index in [-0.39, 0.29) is 24.0 Å². The van der Waals surface area contributed by atoms with Crippen molar-refractivity contribution in [2.24, 2.45) is 0 Å². The lowest BCUT2D eigenvalue weighted by Crippen LogP contribution is -2.29. The predicted molar refractivity (Wildman–Crippen MR) is 97.7 cm³/mol. The molecule has 1 heterocycles. The fourth-order valence-electron chi connectivity index (χ4n) is 2.78. The second kappa shape index (κ2) is 7.28. The number of nitrogens with one attached hydrogen (secondary N) is 1. The van der Waals surface area contributed by atoms with Crippen molar-refractivity contribution < 1.29 is 27.9 Å². The minimum Gasteiger partial charge on any atom is -0.506 e. The van der Waals surface area contributed by atoms with Gasteiger partial charge in [0.2, 0.25) is 0 Å². The monoisotopic (exact) mass is 390 g/mol. The minimum atomic E-state index is -3.95. The number of phenolic OH excluding ortho intramolecular Hbond substituents is 1. The number of carbonyl (C=O) groups is 2. The molecule has 1 fully saturated rings. The van der Waals surface area contributed by atoms with Gasteiger partial charge in [-0.2, -0.15) is 8.42 Å². The molecule has 2 N–H and O–H groups in total. The van der Waals surface area contributed by atoms with Gasteiger partial charge in [0, 0.05) is 6.92 Å². The van der Waals surface area contributed by atoms with Crippen molar-refractivity contribution in [3.63, 3.8) is 0 Å². The minimum absolute atomic E-state index is 0.0582. The molecule has 2 aromatic carbocycles. The number of amides is 1. The third-order valence-electron chi connectivity index (χ3n) is 4.02. The second-order valence-electron chi connectivity index (χ2n) is 6.10. The third kappa shape index (κ3) is 4.37. The Bertz CT molecular complexity index is 985. The summed E-state index contributed by atoms with van der Waals surface area (Å²) in [4.78, 5) is 22.2. The molecular formula is C18H18N2O6S. The highest BCUT2D eigenvalue weighted by molar-refractivity contribution is 7.92. The van der Waals surface area contributed by atoms with Crippen molar-refractivity contribution in [1.82, 2.24) is 4.72 Å². The zero-order valence-corrected chi connectivity index (χ0v) is 15.3. The SMILES string of the molecule is CC(=O)Oc1ccc(CCc2ccc(N3CC(=O)NS3(=O)=O)c(O)c2)cc1. The number of benzene rings is 2. The maximum atomic E-state index is 11.9. The van der Waals surface area contributed by atoms with E-state index in [1.54, 1.807) is 18.2 Å². The number of aromatic hydroxyl groups is 1. The summed E-state index contributed by atoms with van der Waals surface area (Å²) in [6, 6.07) is 11.8. The number of ether oxygens (including phenoxy) is 1. The molecule has 1 amide bonds. The highest BCUT2D eigenvalue weighted by Gasteiger charge is 2.35. The van der Waals surface area contributed by atoms with E-state index in [0.717, 1.165) is 15.4 Å². The zero-order chi connectivity index (χ0) is 19.6. The largest absolute Gasteiger partial charge is 0.506 e. The summed E-state index contributed by atoms with van der Waals surface area (Å²) in [5, 5.41) is 10.2. The molecule has 0 spiro atoms. The predicted octanol–water partition coefficient (Wildman–Crippen LogP) is 1.28. The van der Waals surface area contributed by atoms with E-state index in [4.69, 9.17) is 4.74 Å². The quantitative estimate of drug-likeness (QED) is 0.587. The van der Waals surface area contributed by atoms with Gasteiger partial charge >= 0.3 is 16.2 Å². The van der Waals surface area contributed by atoms with Crippen molar-refractivity contribution in [2.75, 3.05) is 10.8 Å². The summed E-state index contributed by atoms with van der Waals surface area (Å²) >= 11 is 0. The van der Waals surface area contributed by atoms with Crippen LogP contribution in [-0.2, 0) is 32.6 Å². The number of rotatable bonds is 5. The summed E-state index contributed by atoms with van der Waals surface area (Å²) in [7, 11) is -3.95. The summed E-state index contributed by atoms with van der Waals surface area (Å²) < 4.78 is 31.4. The molecule has 2 aromatic rings. The van der Waals surface area contributed by atoms with Gasteiger partial charge in [-0.15, -0.1) is 0 Å². The number of aryl methyl sites for hydroxylation is 2. The Labute approximate surface area is 156 Å². The molecule has 27 heavy (non-hydrogen) atoms. The van der Waals surface area contributed by atoms with E-state index in [1.807, 2.05) is 16.9 Å². The number of phenols is 1. The number of nitrogens with zero attached hydrogens (tertiary/aromatic N) is 1. The first-order valence-electron chi connectivity index (χ1n) is 8.17. The first-order valence-corrected chi connectivity index (χ1v) is 9.61. The van der Waals surface area contributed by atoms with Crippen LogP contribution in [0.4, 0.5) is 5.69 Å². The van der Waals surface area contributed by atoms with Crippen molar-refractivity contribution in [2.45, 2.75) is 19.8 Å². The summed E-state index contributed by atoms with van der Waals surface area (Å²) in [5.74, 6) is -0.757. The molecule has 0 atom stereocenters. The zero-order valence-electron chi connectivity index (χ0n) is 14.5. The van der Waals surface area contributed by atoms with Gasteiger partial charge in [0.1, 0.15) is 18.0 Å². The summed E-state index contributed by atoms with van der Waals surface area (Å²) in [5.41, 5.74) is 1.89. The molecule has 0 aliphatic carbocycles. The molecule has 142 valence electrons. The average molecular weight is 390 g/mol. The van der Waals surface area contributed by atoms with Crippen molar-refractivity contribution >= 4 is 27.8 Å². The van der Waals surface area contributed by atoms with Crippen LogP contribution in [0.25, 0.3) is 0 Å². The number of hydrogen-bond donors (Lipinski definition) is 2. The molecule has 3 rings (SSSR count). The van der Waals surface area contributed by atoms with Gasteiger partial charge in [0.25, 0.3) is 5.91 Å². The highest BCUT2D eigenvalue weighted by atomic mass is 32.2. The number of esters is 1. The van der Waals surface area contributed by atoms with Crippen molar-refractivity contribution in [3.8, 4) is 11.5 Å².